The van der Waals surface area contributed by atoms with Gasteiger partial charge in [0.2, 0.25) is 0 Å². The number of rotatable bonds is 6. The van der Waals surface area contributed by atoms with Crippen molar-refractivity contribution in [3.63, 3.8) is 0 Å². The summed E-state index contributed by atoms with van der Waals surface area (Å²) in [6, 6.07) is 15.8. The topological polar surface area (TPSA) is 75.8 Å². The van der Waals surface area contributed by atoms with E-state index in [9.17, 15) is 0 Å². The van der Waals surface area contributed by atoms with E-state index >= 15 is 0 Å². The van der Waals surface area contributed by atoms with E-state index in [1.807, 2.05) is 60.1 Å². The number of aromatic nitrogens is 2. The van der Waals surface area contributed by atoms with Gasteiger partial charge in [-0.05, 0) is 23.2 Å². The Balaban J connectivity index is 1.78. The fraction of sp³-hybridized carbons (Fsp3) is 0.235. The molecule has 0 unspecified atom stereocenters. The van der Waals surface area contributed by atoms with E-state index in [0.29, 0.717) is 13.2 Å². The number of benzene rings is 2. The average Bonchev–Trinajstić information content (AvgIpc) is 2.96. The minimum atomic E-state index is -0.156. The molecule has 0 radical (unpaired) electrons. The first-order valence-electron chi connectivity index (χ1n) is 7.43. The zero-order valence-electron chi connectivity index (χ0n) is 12.8. The smallest absolute Gasteiger partial charge is 0.121 e. The van der Waals surface area contributed by atoms with Crippen LogP contribution >= 0.6 is 0 Å². The van der Waals surface area contributed by atoms with Crippen molar-refractivity contribution in [2.75, 3.05) is 0 Å². The summed E-state index contributed by atoms with van der Waals surface area (Å²) in [4.78, 5) is 2.84. The monoisotopic (exact) mass is 307 g/mol. The normalized spacial score (nSPS) is 11.9. The minimum absolute atomic E-state index is 0.156. The average molecular weight is 307 g/mol. The van der Waals surface area contributed by atoms with E-state index in [4.69, 9.17) is 10.3 Å². The predicted molar refractivity (Wildman–Crippen MR) is 89.1 cm³/mol. The molecule has 23 heavy (non-hydrogen) atoms. The van der Waals surface area contributed by atoms with Crippen LogP contribution in [0.4, 0.5) is 0 Å². The van der Waals surface area contributed by atoms with Gasteiger partial charge in [-0.25, -0.2) is 0 Å². The molecule has 0 bridgehead atoms. The number of hydrogen-bond donors (Lipinski definition) is 0. The summed E-state index contributed by atoms with van der Waals surface area (Å²) in [5.74, 6) is 0.791. The zero-order chi connectivity index (χ0) is 16.1. The molecule has 0 aliphatic carbocycles. The van der Waals surface area contributed by atoms with Gasteiger partial charge in [-0.1, -0.05) is 42.4 Å². The van der Waals surface area contributed by atoms with Crippen molar-refractivity contribution in [3.8, 4) is 5.75 Å². The molecule has 0 N–H and O–H groups in total. The molecule has 0 saturated carbocycles. The molecular formula is C17H17N5O. The Morgan fingerprint density at radius 3 is 2.87 bits per heavy atom. The molecule has 0 aliphatic heterocycles. The van der Waals surface area contributed by atoms with Gasteiger partial charge in [0.1, 0.15) is 12.4 Å². The van der Waals surface area contributed by atoms with Crippen LogP contribution in [0.5, 0.6) is 5.75 Å². The predicted octanol–water partition coefficient (Wildman–Crippen LogP) is 4.31. The third-order valence-corrected chi connectivity index (χ3v) is 3.55. The molecule has 3 aromatic rings. The third kappa shape index (κ3) is 3.62. The standard InChI is InChI=1S/C17H17N5O/c1-13(20-21-18)11-22-17-9-16(8-7-15(17)10-19-22)23-12-14-5-3-2-4-6-14/h2-10,13H,11-12H2,1H3/t13-/m1/s1. The molecule has 0 saturated heterocycles. The van der Waals surface area contributed by atoms with Gasteiger partial charge in [0.05, 0.1) is 17.8 Å². The van der Waals surface area contributed by atoms with Crippen molar-refractivity contribution >= 4 is 10.9 Å². The van der Waals surface area contributed by atoms with Crippen LogP contribution in [0.3, 0.4) is 0 Å². The second kappa shape index (κ2) is 6.85. The minimum Gasteiger partial charge on any atom is -0.489 e. The van der Waals surface area contributed by atoms with Gasteiger partial charge < -0.3 is 4.74 Å². The maximum absolute atomic E-state index is 8.51. The second-order valence-corrected chi connectivity index (χ2v) is 5.38. The summed E-state index contributed by atoms with van der Waals surface area (Å²) in [5.41, 5.74) is 10.6. The SMILES string of the molecule is C[C@H](Cn1ncc2ccc(OCc3ccccc3)cc21)N=[N+]=[N-]. The van der Waals surface area contributed by atoms with E-state index in [-0.39, 0.29) is 6.04 Å². The molecule has 1 heterocycles. The first kappa shape index (κ1) is 14.9. The molecule has 0 spiro atoms. The molecule has 0 aliphatic rings. The Morgan fingerprint density at radius 2 is 2.09 bits per heavy atom. The maximum Gasteiger partial charge on any atom is 0.121 e. The van der Waals surface area contributed by atoms with E-state index in [0.717, 1.165) is 22.2 Å². The van der Waals surface area contributed by atoms with Gasteiger partial charge in [0.15, 0.2) is 0 Å². The molecule has 116 valence electrons. The quantitative estimate of drug-likeness (QED) is 0.386. The molecule has 0 amide bonds. The lowest BCUT2D eigenvalue weighted by molar-refractivity contribution is 0.306. The van der Waals surface area contributed by atoms with E-state index in [1.54, 1.807) is 6.20 Å². The largest absolute Gasteiger partial charge is 0.489 e. The summed E-state index contributed by atoms with van der Waals surface area (Å²) >= 11 is 0. The summed E-state index contributed by atoms with van der Waals surface area (Å²) in [6.07, 6.45) is 1.80. The lowest BCUT2D eigenvalue weighted by Crippen LogP contribution is -2.10. The number of ether oxygens (including phenoxy) is 1. The van der Waals surface area contributed by atoms with Crippen LogP contribution in [0.25, 0.3) is 21.3 Å². The number of hydrogen-bond acceptors (Lipinski definition) is 3. The summed E-state index contributed by atoms with van der Waals surface area (Å²) < 4.78 is 7.69. The van der Waals surface area contributed by atoms with Gasteiger partial charge in [-0.2, -0.15) is 5.10 Å². The van der Waals surface area contributed by atoms with Crippen molar-refractivity contribution < 1.29 is 4.74 Å². The summed E-state index contributed by atoms with van der Waals surface area (Å²) in [6.45, 7) is 2.92. The molecule has 0 fully saturated rings. The Morgan fingerprint density at radius 1 is 1.26 bits per heavy atom. The van der Waals surface area contributed by atoms with Gasteiger partial charge >= 0.3 is 0 Å². The Bertz CT molecular complexity index is 837. The highest BCUT2D eigenvalue weighted by molar-refractivity contribution is 5.80. The maximum atomic E-state index is 8.51. The van der Waals surface area contributed by atoms with E-state index in [1.165, 1.54) is 0 Å². The fourth-order valence-corrected chi connectivity index (χ4v) is 2.40. The lowest BCUT2D eigenvalue weighted by atomic mass is 10.2. The van der Waals surface area contributed by atoms with Gasteiger partial charge in [-0.15, -0.1) is 0 Å². The number of nitrogens with zero attached hydrogens (tertiary/aromatic N) is 5. The summed E-state index contributed by atoms with van der Waals surface area (Å²) in [7, 11) is 0. The Kier molecular flexibility index (Phi) is 4.45. The van der Waals surface area contributed by atoms with Gasteiger partial charge in [-0.3, -0.25) is 4.68 Å². The lowest BCUT2D eigenvalue weighted by Gasteiger charge is -2.09. The zero-order valence-corrected chi connectivity index (χ0v) is 12.8. The Labute approximate surface area is 133 Å². The Hall–Kier alpha value is -2.98. The molecule has 1 aromatic heterocycles. The van der Waals surface area contributed by atoms with Crippen molar-refractivity contribution in [2.24, 2.45) is 5.11 Å². The molecule has 6 nitrogen and oxygen atoms in total. The van der Waals surface area contributed by atoms with Crippen molar-refractivity contribution in [3.05, 3.63) is 70.7 Å². The van der Waals surface area contributed by atoms with Crippen LogP contribution in [0.1, 0.15) is 12.5 Å². The van der Waals surface area contributed by atoms with Crippen molar-refractivity contribution in [1.29, 1.82) is 0 Å². The molecule has 3 rings (SSSR count). The van der Waals surface area contributed by atoms with Crippen LogP contribution in [-0.4, -0.2) is 15.8 Å². The van der Waals surface area contributed by atoms with Crippen LogP contribution in [-0.2, 0) is 13.2 Å². The van der Waals surface area contributed by atoms with E-state index < -0.39 is 0 Å². The van der Waals surface area contributed by atoms with E-state index in [2.05, 4.69) is 15.1 Å². The highest BCUT2D eigenvalue weighted by Gasteiger charge is 2.07. The molecular weight excluding hydrogens is 290 g/mol. The van der Waals surface area contributed by atoms with Crippen LogP contribution < -0.4 is 4.74 Å². The van der Waals surface area contributed by atoms with Crippen molar-refractivity contribution in [2.45, 2.75) is 26.1 Å². The third-order valence-electron chi connectivity index (χ3n) is 3.55. The fourth-order valence-electron chi connectivity index (χ4n) is 2.40. The first-order chi connectivity index (χ1) is 11.3. The van der Waals surface area contributed by atoms with Gasteiger partial charge in [0.25, 0.3) is 0 Å². The summed E-state index contributed by atoms with van der Waals surface area (Å²) in [5, 5.41) is 9.08. The van der Waals surface area contributed by atoms with Crippen molar-refractivity contribution in [1.82, 2.24) is 9.78 Å². The highest BCUT2D eigenvalue weighted by atomic mass is 16.5. The first-order valence-corrected chi connectivity index (χ1v) is 7.43. The molecule has 6 heteroatoms. The highest BCUT2D eigenvalue weighted by Crippen LogP contribution is 2.22. The second-order valence-electron chi connectivity index (χ2n) is 5.38. The van der Waals surface area contributed by atoms with Crippen LogP contribution in [0, 0.1) is 0 Å². The van der Waals surface area contributed by atoms with Gasteiger partial charge in [0, 0.05) is 22.9 Å². The number of azide groups is 1. The number of fused-ring (bicyclic) bond motifs is 1. The van der Waals surface area contributed by atoms with Crippen LogP contribution in [0.15, 0.2) is 59.8 Å². The molecule has 1 atom stereocenters. The molecule has 2 aromatic carbocycles. The van der Waals surface area contributed by atoms with Crippen LogP contribution in [0.2, 0.25) is 0 Å².